The summed E-state index contributed by atoms with van der Waals surface area (Å²) in [5, 5.41) is 0. The average molecular weight is 540 g/mol. The summed E-state index contributed by atoms with van der Waals surface area (Å²) in [7, 11) is 1.66. The molecular weight excluding hydrogens is 506 g/mol. The van der Waals surface area contributed by atoms with Crippen LogP contribution in [0.2, 0.25) is 0 Å². The van der Waals surface area contributed by atoms with Crippen LogP contribution in [0.25, 0.3) is 11.6 Å². The van der Waals surface area contributed by atoms with E-state index in [4.69, 9.17) is 9.47 Å². The normalized spacial score (nSPS) is 11.2. The molecule has 0 saturated carbocycles. The third kappa shape index (κ3) is 6.74. The predicted octanol–water partition coefficient (Wildman–Crippen LogP) is 9.30. The van der Waals surface area contributed by atoms with Gasteiger partial charge in [-0.1, -0.05) is 71.8 Å². The number of hydrogen-bond acceptors (Lipinski definition) is 4. The Morgan fingerprint density at radius 3 is 1.41 bits per heavy atom. The van der Waals surface area contributed by atoms with Gasteiger partial charge in [-0.05, 0) is 103 Å². The van der Waals surface area contributed by atoms with Crippen LogP contribution in [0.15, 0.2) is 121 Å². The van der Waals surface area contributed by atoms with Crippen LogP contribution in [-0.4, -0.2) is 13.1 Å². The molecule has 0 amide bonds. The van der Waals surface area contributed by atoms with E-state index >= 15 is 0 Å². The second-order valence-corrected chi connectivity index (χ2v) is 10.0. The fraction of sp³-hybridized carbons (Fsp3) is 0.108. The molecular formula is C37H33NO3. The van der Waals surface area contributed by atoms with E-state index in [2.05, 4.69) is 110 Å². The number of nitrogens with zero attached hydrogens (tertiary/aromatic N) is 1. The Labute approximate surface area is 242 Å². The minimum Gasteiger partial charge on any atom is -0.497 e. The van der Waals surface area contributed by atoms with E-state index in [1.807, 2.05) is 36.4 Å². The fourth-order valence-corrected chi connectivity index (χ4v) is 4.69. The third-order valence-corrected chi connectivity index (χ3v) is 6.87. The summed E-state index contributed by atoms with van der Waals surface area (Å²) in [5.74, 6) is 0.982. The SMILES string of the molecule is COc1ccc(/C(=C\c2ccc(N(c3ccc(C)cc3)c3ccc(C)cc3)cc2)c2ccc(OC(C)=O)cc2)cc1. The molecule has 0 aliphatic rings. The van der Waals surface area contributed by atoms with Crippen molar-refractivity contribution in [2.75, 3.05) is 12.0 Å². The van der Waals surface area contributed by atoms with Crippen LogP contribution in [0.1, 0.15) is 34.7 Å². The molecule has 0 spiro atoms. The van der Waals surface area contributed by atoms with Crippen molar-refractivity contribution in [3.05, 3.63) is 149 Å². The Bertz CT molecular complexity index is 1590. The Morgan fingerprint density at radius 2 is 1.00 bits per heavy atom. The zero-order chi connectivity index (χ0) is 28.8. The number of carbonyl (C=O) groups is 1. The molecule has 4 nitrogen and oxygen atoms in total. The van der Waals surface area contributed by atoms with Crippen molar-refractivity contribution in [1.82, 2.24) is 0 Å². The van der Waals surface area contributed by atoms with E-state index in [0.29, 0.717) is 5.75 Å². The van der Waals surface area contributed by atoms with Gasteiger partial charge in [0.15, 0.2) is 0 Å². The van der Waals surface area contributed by atoms with Gasteiger partial charge in [-0.3, -0.25) is 4.79 Å². The van der Waals surface area contributed by atoms with Crippen LogP contribution in [0.5, 0.6) is 11.5 Å². The van der Waals surface area contributed by atoms with Crippen molar-refractivity contribution in [2.24, 2.45) is 0 Å². The van der Waals surface area contributed by atoms with Gasteiger partial charge in [0.2, 0.25) is 0 Å². The number of anilines is 3. The van der Waals surface area contributed by atoms with Crippen LogP contribution >= 0.6 is 0 Å². The smallest absolute Gasteiger partial charge is 0.308 e. The van der Waals surface area contributed by atoms with Crippen LogP contribution < -0.4 is 14.4 Å². The fourth-order valence-electron chi connectivity index (χ4n) is 4.69. The highest BCUT2D eigenvalue weighted by Gasteiger charge is 2.13. The number of esters is 1. The first-order chi connectivity index (χ1) is 19.9. The molecule has 0 atom stereocenters. The van der Waals surface area contributed by atoms with E-state index in [1.54, 1.807) is 7.11 Å². The second kappa shape index (κ2) is 12.4. The summed E-state index contributed by atoms with van der Waals surface area (Å²) >= 11 is 0. The maximum absolute atomic E-state index is 11.4. The summed E-state index contributed by atoms with van der Waals surface area (Å²) in [6.07, 6.45) is 2.18. The van der Waals surface area contributed by atoms with E-state index in [-0.39, 0.29) is 5.97 Å². The summed E-state index contributed by atoms with van der Waals surface area (Å²) < 4.78 is 10.6. The molecule has 0 N–H and O–H groups in total. The van der Waals surface area contributed by atoms with E-state index in [9.17, 15) is 4.79 Å². The summed E-state index contributed by atoms with van der Waals surface area (Å²) in [4.78, 5) is 13.7. The zero-order valence-electron chi connectivity index (χ0n) is 23.8. The summed E-state index contributed by atoms with van der Waals surface area (Å²) in [6, 6.07) is 41.4. The lowest BCUT2D eigenvalue weighted by Crippen LogP contribution is -2.09. The first kappa shape index (κ1) is 27.5. The second-order valence-electron chi connectivity index (χ2n) is 10.0. The van der Waals surface area contributed by atoms with Gasteiger partial charge in [0.1, 0.15) is 11.5 Å². The lowest BCUT2D eigenvalue weighted by atomic mass is 9.95. The van der Waals surface area contributed by atoms with Crippen LogP contribution in [0.3, 0.4) is 0 Å². The van der Waals surface area contributed by atoms with Crippen molar-refractivity contribution < 1.29 is 14.3 Å². The van der Waals surface area contributed by atoms with Gasteiger partial charge < -0.3 is 14.4 Å². The van der Waals surface area contributed by atoms with Crippen molar-refractivity contribution in [1.29, 1.82) is 0 Å². The minimum atomic E-state index is -0.339. The number of methoxy groups -OCH3 is 1. The van der Waals surface area contributed by atoms with E-state index in [1.165, 1.54) is 18.1 Å². The monoisotopic (exact) mass is 539 g/mol. The number of carbonyl (C=O) groups excluding carboxylic acids is 1. The number of rotatable bonds is 8. The Morgan fingerprint density at radius 1 is 0.585 bits per heavy atom. The van der Waals surface area contributed by atoms with Crippen LogP contribution in [-0.2, 0) is 4.79 Å². The summed E-state index contributed by atoms with van der Waals surface area (Å²) in [5.41, 5.74) is 9.91. The lowest BCUT2D eigenvalue weighted by molar-refractivity contribution is -0.131. The van der Waals surface area contributed by atoms with Gasteiger partial charge in [0.25, 0.3) is 0 Å². The molecule has 5 rings (SSSR count). The molecule has 0 aliphatic carbocycles. The molecule has 4 heteroatoms. The summed E-state index contributed by atoms with van der Waals surface area (Å²) in [6.45, 7) is 5.61. The standard InChI is InChI=1S/C37H33NO3/c1-26-5-15-32(16-6-26)38(33-17-7-27(2)8-18-33)34-19-9-29(10-20-34)25-37(30-11-21-35(40-4)22-12-30)31-13-23-36(24-14-31)41-28(3)39/h5-25H,1-4H3/b37-25+. The predicted molar refractivity (Wildman–Crippen MR) is 168 cm³/mol. The van der Waals surface area contributed by atoms with Gasteiger partial charge in [-0.2, -0.15) is 0 Å². The highest BCUT2D eigenvalue weighted by Crippen LogP contribution is 2.36. The van der Waals surface area contributed by atoms with E-state index in [0.717, 1.165) is 45.1 Å². The molecule has 0 radical (unpaired) electrons. The molecule has 41 heavy (non-hydrogen) atoms. The first-order valence-corrected chi connectivity index (χ1v) is 13.6. The molecule has 5 aromatic carbocycles. The molecule has 0 aliphatic heterocycles. The minimum absolute atomic E-state index is 0.339. The number of benzene rings is 5. The topological polar surface area (TPSA) is 38.8 Å². The maximum atomic E-state index is 11.4. The molecule has 0 unspecified atom stereocenters. The molecule has 204 valence electrons. The first-order valence-electron chi connectivity index (χ1n) is 13.6. The Kier molecular flexibility index (Phi) is 8.31. The van der Waals surface area contributed by atoms with Gasteiger partial charge >= 0.3 is 5.97 Å². The molecule has 0 saturated heterocycles. The van der Waals surface area contributed by atoms with Gasteiger partial charge in [0, 0.05) is 24.0 Å². The maximum Gasteiger partial charge on any atom is 0.308 e. The van der Waals surface area contributed by atoms with Gasteiger partial charge in [0.05, 0.1) is 7.11 Å². The van der Waals surface area contributed by atoms with Crippen molar-refractivity contribution in [3.63, 3.8) is 0 Å². The molecule has 0 bridgehead atoms. The zero-order valence-corrected chi connectivity index (χ0v) is 23.8. The number of hydrogen-bond donors (Lipinski definition) is 0. The number of aryl methyl sites for hydroxylation is 2. The highest BCUT2D eigenvalue weighted by molar-refractivity contribution is 5.92. The van der Waals surface area contributed by atoms with Crippen molar-refractivity contribution in [3.8, 4) is 11.5 Å². The molecule has 0 heterocycles. The molecule has 5 aromatic rings. The molecule has 0 fully saturated rings. The Hall–Kier alpha value is -5.09. The highest BCUT2D eigenvalue weighted by atomic mass is 16.5. The van der Waals surface area contributed by atoms with Crippen molar-refractivity contribution >= 4 is 34.7 Å². The van der Waals surface area contributed by atoms with Crippen LogP contribution in [0.4, 0.5) is 17.1 Å². The van der Waals surface area contributed by atoms with Gasteiger partial charge in [-0.25, -0.2) is 0 Å². The Balaban J connectivity index is 1.53. The van der Waals surface area contributed by atoms with Gasteiger partial charge in [-0.15, -0.1) is 0 Å². The third-order valence-electron chi connectivity index (χ3n) is 6.87. The average Bonchev–Trinajstić information content (AvgIpc) is 2.99. The van der Waals surface area contributed by atoms with E-state index < -0.39 is 0 Å². The lowest BCUT2D eigenvalue weighted by Gasteiger charge is -2.26. The quantitative estimate of drug-likeness (QED) is 0.112. The largest absolute Gasteiger partial charge is 0.497 e. The van der Waals surface area contributed by atoms with Crippen molar-refractivity contribution in [2.45, 2.75) is 20.8 Å². The molecule has 0 aromatic heterocycles. The van der Waals surface area contributed by atoms with Crippen LogP contribution in [0, 0.1) is 13.8 Å². The number of ether oxygens (including phenoxy) is 2.